The monoisotopic (exact) mass is 498 g/mol. The minimum atomic E-state index is -4.65. The average Bonchev–Trinajstić information content (AvgIpc) is 2.85. The van der Waals surface area contributed by atoms with Gasteiger partial charge in [0, 0.05) is 43.8 Å². The maximum Gasteiger partial charge on any atom is 0.419 e. The van der Waals surface area contributed by atoms with Crippen LogP contribution in [0.2, 0.25) is 0 Å². The van der Waals surface area contributed by atoms with Gasteiger partial charge >= 0.3 is 6.18 Å². The van der Waals surface area contributed by atoms with E-state index in [0.717, 1.165) is 44.1 Å². The summed E-state index contributed by atoms with van der Waals surface area (Å²) < 4.78 is 41.5. The smallest absolute Gasteiger partial charge is 0.369 e. The SMILES string of the molecule is C=CC(=O)NC1C=C(c2nc(Nc3cccc(N4CCN(C)CC4)c3)ncc2C(F)(F)F)C=CC1C. The fraction of sp³-hybridized carbons (Fsp3) is 0.346. The molecular weight excluding hydrogens is 469 g/mol. The Hall–Kier alpha value is -3.66. The lowest BCUT2D eigenvalue weighted by Crippen LogP contribution is -2.44. The van der Waals surface area contributed by atoms with Crippen LogP contribution in [0.25, 0.3) is 5.57 Å². The number of piperazine rings is 1. The number of halogens is 3. The number of allylic oxidation sites excluding steroid dienone is 2. The van der Waals surface area contributed by atoms with Crippen LogP contribution in [0.4, 0.5) is 30.5 Å². The Morgan fingerprint density at radius 3 is 2.67 bits per heavy atom. The third-order valence-corrected chi connectivity index (χ3v) is 6.34. The minimum absolute atomic E-state index is 0.0492. The van der Waals surface area contributed by atoms with Crippen molar-refractivity contribution in [2.45, 2.75) is 19.1 Å². The first-order chi connectivity index (χ1) is 17.1. The molecule has 1 saturated heterocycles. The van der Waals surface area contributed by atoms with E-state index in [4.69, 9.17) is 0 Å². The summed E-state index contributed by atoms with van der Waals surface area (Å²) >= 11 is 0. The predicted molar refractivity (Wildman–Crippen MR) is 135 cm³/mol. The molecule has 0 radical (unpaired) electrons. The molecule has 2 atom stereocenters. The number of aromatic nitrogens is 2. The molecule has 0 saturated carbocycles. The van der Waals surface area contributed by atoms with Gasteiger partial charge < -0.3 is 20.4 Å². The lowest BCUT2D eigenvalue weighted by Gasteiger charge is -2.34. The van der Waals surface area contributed by atoms with Crippen molar-refractivity contribution in [1.82, 2.24) is 20.2 Å². The van der Waals surface area contributed by atoms with Gasteiger partial charge in [-0.05, 0) is 42.8 Å². The van der Waals surface area contributed by atoms with E-state index in [0.29, 0.717) is 5.69 Å². The van der Waals surface area contributed by atoms with Crippen molar-refractivity contribution >= 4 is 28.8 Å². The van der Waals surface area contributed by atoms with Gasteiger partial charge in [0.25, 0.3) is 0 Å². The van der Waals surface area contributed by atoms with Gasteiger partial charge in [0.05, 0.1) is 11.7 Å². The lowest BCUT2D eigenvalue weighted by molar-refractivity contribution is -0.138. The molecule has 2 unspecified atom stereocenters. The molecule has 7 nitrogen and oxygen atoms in total. The molecule has 1 aromatic heterocycles. The van der Waals surface area contributed by atoms with Crippen molar-refractivity contribution in [2.75, 3.05) is 43.4 Å². The third kappa shape index (κ3) is 5.93. The van der Waals surface area contributed by atoms with Crippen LogP contribution in [-0.4, -0.2) is 60.0 Å². The van der Waals surface area contributed by atoms with Crippen LogP contribution in [0.5, 0.6) is 0 Å². The van der Waals surface area contributed by atoms with Gasteiger partial charge in [0.2, 0.25) is 11.9 Å². The summed E-state index contributed by atoms with van der Waals surface area (Å²) in [6.07, 6.45) is 2.20. The van der Waals surface area contributed by atoms with Crippen molar-refractivity contribution < 1.29 is 18.0 Å². The van der Waals surface area contributed by atoms with Gasteiger partial charge in [-0.15, -0.1) is 0 Å². The van der Waals surface area contributed by atoms with E-state index in [2.05, 4.69) is 44.0 Å². The molecule has 1 aliphatic heterocycles. The Morgan fingerprint density at radius 2 is 1.97 bits per heavy atom. The Morgan fingerprint density at radius 1 is 1.22 bits per heavy atom. The third-order valence-electron chi connectivity index (χ3n) is 6.34. The number of carbonyl (C=O) groups excluding carboxylic acids is 1. The molecule has 4 rings (SSSR count). The van der Waals surface area contributed by atoms with Crippen LogP contribution in [-0.2, 0) is 11.0 Å². The second-order valence-electron chi connectivity index (χ2n) is 9.00. The Labute approximate surface area is 208 Å². The summed E-state index contributed by atoms with van der Waals surface area (Å²) in [5.74, 6) is -0.462. The highest BCUT2D eigenvalue weighted by atomic mass is 19.4. The summed E-state index contributed by atoms with van der Waals surface area (Å²) in [6.45, 7) is 8.99. The summed E-state index contributed by atoms with van der Waals surface area (Å²) in [5, 5.41) is 5.79. The largest absolute Gasteiger partial charge is 0.419 e. The zero-order valence-corrected chi connectivity index (χ0v) is 20.2. The highest BCUT2D eigenvalue weighted by Gasteiger charge is 2.36. The second kappa shape index (κ2) is 10.5. The number of nitrogens with zero attached hydrogens (tertiary/aromatic N) is 4. The van der Waals surface area contributed by atoms with Gasteiger partial charge in [0.15, 0.2) is 0 Å². The zero-order valence-electron chi connectivity index (χ0n) is 20.2. The van der Waals surface area contributed by atoms with Crippen LogP contribution in [0.3, 0.4) is 0 Å². The molecule has 2 N–H and O–H groups in total. The Balaban J connectivity index is 1.63. The van der Waals surface area contributed by atoms with Gasteiger partial charge in [-0.2, -0.15) is 13.2 Å². The summed E-state index contributed by atoms with van der Waals surface area (Å²) in [4.78, 5) is 24.5. The summed E-state index contributed by atoms with van der Waals surface area (Å²) in [7, 11) is 2.09. The highest BCUT2D eigenvalue weighted by molar-refractivity contribution is 5.88. The fourth-order valence-corrected chi connectivity index (χ4v) is 4.17. The van der Waals surface area contributed by atoms with Crippen molar-refractivity contribution in [3.05, 3.63) is 72.6 Å². The number of hydrogen-bond donors (Lipinski definition) is 2. The Bertz CT molecular complexity index is 1180. The minimum Gasteiger partial charge on any atom is -0.369 e. The zero-order chi connectivity index (χ0) is 25.9. The molecule has 1 aromatic carbocycles. The fourth-order valence-electron chi connectivity index (χ4n) is 4.17. The van der Waals surface area contributed by atoms with Crippen LogP contribution in [0, 0.1) is 5.92 Å². The first-order valence-electron chi connectivity index (χ1n) is 11.7. The molecule has 2 aliphatic rings. The lowest BCUT2D eigenvalue weighted by atomic mass is 9.90. The van der Waals surface area contributed by atoms with E-state index in [1.807, 2.05) is 31.2 Å². The van der Waals surface area contributed by atoms with E-state index in [1.54, 1.807) is 18.2 Å². The highest BCUT2D eigenvalue weighted by Crippen LogP contribution is 2.36. The van der Waals surface area contributed by atoms with E-state index >= 15 is 0 Å². The van der Waals surface area contributed by atoms with Crippen molar-refractivity contribution in [3.8, 4) is 0 Å². The topological polar surface area (TPSA) is 73.4 Å². The normalized spacial score (nSPS) is 20.6. The van der Waals surface area contributed by atoms with Crippen LogP contribution in [0.15, 0.2) is 61.3 Å². The van der Waals surface area contributed by atoms with E-state index < -0.39 is 23.7 Å². The molecule has 190 valence electrons. The van der Waals surface area contributed by atoms with Gasteiger partial charge in [-0.25, -0.2) is 9.97 Å². The van der Waals surface area contributed by atoms with Crippen LogP contribution >= 0.6 is 0 Å². The summed E-state index contributed by atoms with van der Waals surface area (Å²) in [5.41, 5.74) is 0.754. The van der Waals surface area contributed by atoms with E-state index in [9.17, 15) is 18.0 Å². The number of rotatable bonds is 6. The molecule has 0 spiro atoms. The maximum absolute atomic E-state index is 13.8. The number of amides is 1. The van der Waals surface area contributed by atoms with Crippen molar-refractivity contribution in [2.24, 2.45) is 5.92 Å². The molecule has 2 aromatic rings. The van der Waals surface area contributed by atoms with Gasteiger partial charge in [0.1, 0.15) is 5.56 Å². The molecule has 36 heavy (non-hydrogen) atoms. The molecule has 1 amide bonds. The number of hydrogen-bond acceptors (Lipinski definition) is 6. The number of anilines is 3. The number of likely N-dealkylation sites (N-methyl/N-ethyl adjacent to an activating group) is 1. The first kappa shape index (κ1) is 25.4. The Kier molecular flexibility index (Phi) is 7.44. The molecular formula is C26H29F3N6O. The molecule has 1 fully saturated rings. The second-order valence-corrected chi connectivity index (χ2v) is 9.00. The predicted octanol–water partition coefficient (Wildman–Crippen LogP) is 4.25. The number of benzene rings is 1. The first-order valence-corrected chi connectivity index (χ1v) is 11.7. The van der Waals surface area contributed by atoms with Crippen molar-refractivity contribution in [3.63, 3.8) is 0 Å². The molecule has 2 heterocycles. The molecule has 1 aliphatic carbocycles. The van der Waals surface area contributed by atoms with Gasteiger partial charge in [-0.3, -0.25) is 4.79 Å². The van der Waals surface area contributed by atoms with Crippen molar-refractivity contribution in [1.29, 1.82) is 0 Å². The standard InChI is InChI=1S/C26H29F3N6O/c1-4-23(36)32-22-14-18(9-8-17(22)2)24-21(26(27,28)29)16-30-25(33-24)31-19-6-5-7-20(15-19)35-12-10-34(3)11-13-35/h4-9,14-17,22H,1,10-13H2,2-3H3,(H,32,36)(H,30,31,33). The summed E-state index contributed by atoms with van der Waals surface area (Å²) in [6, 6.07) is 7.16. The quantitative estimate of drug-likeness (QED) is 0.581. The number of carbonyl (C=O) groups is 1. The van der Waals surface area contributed by atoms with E-state index in [-0.39, 0.29) is 23.1 Å². The molecule has 10 heteroatoms. The molecule has 0 bridgehead atoms. The van der Waals surface area contributed by atoms with E-state index in [1.165, 1.54) is 0 Å². The maximum atomic E-state index is 13.8. The average molecular weight is 499 g/mol. The van der Waals surface area contributed by atoms with Crippen LogP contribution in [0.1, 0.15) is 18.2 Å². The number of alkyl halides is 3. The van der Waals surface area contributed by atoms with Gasteiger partial charge in [-0.1, -0.05) is 37.8 Å². The number of nitrogens with one attached hydrogen (secondary N) is 2. The van der Waals surface area contributed by atoms with Crippen LogP contribution < -0.4 is 15.5 Å².